The molecule has 5 nitrogen and oxygen atoms in total. The number of carbonyl (C=O) groups is 1. The molecule has 2 amide bonds. The SMILES string of the molecule is COc1ccc([C@H](C)CCNC(=O)N2CCC[C@@H](CO)C2)cc1. The molecule has 1 heterocycles. The number of nitrogens with zero attached hydrogens (tertiary/aromatic N) is 1. The van der Waals surface area contributed by atoms with Crippen molar-refractivity contribution in [1.29, 1.82) is 0 Å². The number of ether oxygens (including phenoxy) is 1. The van der Waals surface area contributed by atoms with E-state index in [1.165, 1.54) is 5.56 Å². The van der Waals surface area contributed by atoms with Crippen molar-refractivity contribution in [3.05, 3.63) is 29.8 Å². The summed E-state index contributed by atoms with van der Waals surface area (Å²) in [6.45, 7) is 4.44. The summed E-state index contributed by atoms with van der Waals surface area (Å²) in [4.78, 5) is 14.0. The maximum atomic E-state index is 12.2. The van der Waals surface area contributed by atoms with Crippen LogP contribution < -0.4 is 10.1 Å². The number of hydrogen-bond donors (Lipinski definition) is 2. The molecule has 0 radical (unpaired) electrons. The first-order valence-corrected chi connectivity index (χ1v) is 8.41. The third kappa shape index (κ3) is 5.13. The number of nitrogens with one attached hydrogen (secondary N) is 1. The fraction of sp³-hybridized carbons (Fsp3) is 0.611. The van der Waals surface area contributed by atoms with Gasteiger partial charge in [0.05, 0.1) is 7.11 Å². The number of methoxy groups -OCH3 is 1. The molecule has 0 unspecified atom stereocenters. The largest absolute Gasteiger partial charge is 0.497 e. The Morgan fingerprint density at radius 2 is 2.17 bits per heavy atom. The zero-order chi connectivity index (χ0) is 16.7. The van der Waals surface area contributed by atoms with Crippen molar-refractivity contribution in [2.75, 3.05) is 33.4 Å². The minimum absolute atomic E-state index is 0.00918. The molecule has 1 fully saturated rings. The third-order valence-electron chi connectivity index (χ3n) is 4.60. The van der Waals surface area contributed by atoms with E-state index in [2.05, 4.69) is 24.4 Å². The summed E-state index contributed by atoms with van der Waals surface area (Å²) in [7, 11) is 1.66. The molecule has 2 rings (SSSR count). The molecule has 23 heavy (non-hydrogen) atoms. The maximum absolute atomic E-state index is 12.2. The average molecular weight is 320 g/mol. The number of piperidine rings is 1. The zero-order valence-corrected chi connectivity index (χ0v) is 14.1. The second kappa shape index (κ2) is 8.77. The highest BCUT2D eigenvalue weighted by atomic mass is 16.5. The van der Waals surface area contributed by atoms with Crippen molar-refractivity contribution in [2.45, 2.75) is 32.1 Å². The van der Waals surface area contributed by atoms with Gasteiger partial charge in [0, 0.05) is 26.2 Å². The van der Waals surface area contributed by atoms with Gasteiger partial charge < -0.3 is 20.1 Å². The Morgan fingerprint density at radius 1 is 1.43 bits per heavy atom. The first-order chi connectivity index (χ1) is 11.1. The van der Waals surface area contributed by atoms with E-state index in [1.807, 2.05) is 17.0 Å². The summed E-state index contributed by atoms with van der Waals surface area (Å²) < 4.78 is 5.17. The van der Waals surface area contributed by atoms with E-state index >= 15 is 0 Å². The second-order valence-electron chi connectivity index (χ2n) is 6.33. The Bertz CT molecular complexity index is 490. The molecule has 0 bridgehead atoms. The lowest BCUT2D eigenvalue weighted by Gasteiger charge is -2.32. The van der Waals surface area contributed by atoms with Gasteiger partial charge in [0.25, 0.3) is 0 Å². The van der Waals surface area contributed by atoms with Gasteiger partial charge in [-0.1, -0.05) is 19.1 Å². The summed E-state index contributed by atoms with van der Waals surface area (Å²) in [6.07, 6.45) is 2.88. The smallest absolute Gasteiger partial charge is 0.317 e. The zero-order valence-electron chi connectivity index (χ0n) is 14.1. The van der Waals surface area contributed by atoms with Crippen LogP contribution in [-0.2, 0) is 0 Å². The molecule has 128 valence electrons. The Morgan fingerprint density at radius 3 is 2.83 bits per heavy atom. The minimum Gasteiger partial charge on any atom is -0.497 e. The molecule has 1 aliphatic rings. The van der Waals surface area contributed by atoms with Crippen molar-refractivity contribution in [3.63, 3.8) is 0 Å². The molecular weight excluding hydrogens is 292 g/mol. The second-order valence-corrected chi connectivity index (χ2v) is 6.33. The molecular formula is C18H28N2O3. The predicted molar refractivity (Wildman–Crippen MR) is 90.8 cm³/mol. The normalized spacial score (nSPS) is 19.3. The van der Waals surface area contributed by atoms with Gasteiger partial charge in [-0.05, 0) is 48.8 Å². The summed E-state index contributed by atoms with van der Waals surface area (Å²) in [6, 6.07) is 8.06. The van der Waals surface area contributed by atoms with E-state index in [-0.39, 0.29) is 18.6 Å². The first-order valence-electron chi connectivity index (χ1n) is 8.41. The first kappa shape index (κ1) is 17.6. The molecule has 2 N–H and O–H groups in total. The van der Waals surface area contributed by atoms with Gasteiger partial charge in [-0.3, -0.25) is 0 Å². The average Bonchev–Trinajstić information content (AvgIpc) is 2.61. The van der Waals surface area contributed by atoms with E-state index < -0.39 is 0 Å². The Labute approximate surface area is 138 Å². The van der Waals surface area contributed by atoms with E-state index in [0.717, 1.165) is 31.6 Å². The van der Waals surface area contributed by atoms with Crippen LogP contribution >= 0.6 is 0 Å². The van der Waals surface area contributed by atoms with Gasteiger partial charge in [0.15, 0.2) is 0 Å². The van der Waals surface area contributed by atoms with Gasteiger partial charge >= 0.3 is 6.03 Å². The molecule has 5 heteroatoms. The van der Waals surface area contributed by atoms with Crippen LogP contribution in [0.3, 0.4) is 0 Å². The Hall–Kier alpha value is -1.75. The molecule has 1 aliphatic heterocycles. The predicted octanol–water partition coefficient (Wildman–Crippen LogP) is 2.60. The monoisotopic (exact) mass is 320 g/mol. The number of aliphatic hydroxyl groups excluding tert-OH is 1. The van der Waals surface area contributed by atoms with Crippen LogP contribution in [0.15, 0.2) is 24.3 Å². The van der Waals surface area contributed by atoms with Gasteiger partial charge in [-0.25, -0.2) is 4.79 Å². The number of aliphatic hydroxyl groups is 1. The van der Waals surface area contributed by atoms with Gasteiger partial charge in [-0.2, -0.15) is 0 Å². The minimum atomic E-state index is -0.00918. The molecule has 1 aromatic rings. The fourth-order valence-electron chi connectivity index (χ4n) is 3.01. The summed E-state index contributed by atoms with van der Waals surface area (Å²) in [5.41, 5.74) is 1.25. The Kier molecular flexibility index (Phi) is 6.71. The molecule has 2 atom stereocenters. The van der Waals surface area contributed by atoms with Crippen LogP contribution in [0.5, 0.6) is 5.75 Å². The van der Waals surface area contributed by atoms with Crippen molar-refractivity contribution >= 4 is 6.03 Å². The quantitative estimate of drug-likeness (QED) is 0.847. The van der Waals surface area contributed by atoms with Crippen LogP contribution in [0.25, 0.3) is 0 Å². The molecule has 0 spiro atoms. The van der Waals surface area contributed by atoms with Crippen molar-refractivity contribution in [2.24, 2.45) is 5.92 Å². The van der Waals surface area contributed by atoms with E-state index in [0.29, 0.717) is 19.0 Å². The number of likely N-dealkylation sites (tertiary alicyclic amines) is 1. The standard InChI is InChI=1S/C18H28N2O3/c1-14(16-5-7-17(23-2)8-6-16)9-10-19-18(22)20-11-3-4-15(12-20)13-21/h5-8,14-15,21H,3-4,9-13H2,1-2H3,(H,19,22)/t14-,15-/m1/s1. The topological polar surface area (TPSA) is 61.8 Å². The van der Waals surface area contributed by atoms with Gasteiger partial charge in [0.1, 0.15) is 5.75 Å². The van der Waals surface area contributed by atoms with E-state index in [4.69, 9.17) is 4.74 Å². The van der Waals surface area contributed by atoms with Crippen LogP contribution in [0.4, 0.5) is 4.79 Å². The maximum Gasteiger partial charge on any atom is 0.317 e. The van der Waals surface area contributed by atoms with Crippen molar-refractivity contribution in [1.82, 2.24) is 10.2 Å². The molecule has 1 saturated heterocycles. The molecule has 0 aromatic heterocycles. The lowest BCUT2D eigenvalue weighted by Crippen LogP contribution is -2.46. The number of amides is 2. The van der Waals surface area contributed by atoms with Crippen molar-refractivity contribution in [3.8, 4) is 5.75 Å². The van der Waals surface area contributed by atoms with Crippen LogP contribution in [0.1, 0.15) is 37.7 Å². The van der Waals surface area contributed by atoms with E-state index in [1.54, 1.807) is 7.11 Å². The summed E-state index contributed by atoms with van der Waals surface area (Å²) in [5, 5.41) is 12.2. The highest BCUT2D eigenvalue weighted by Gasteiger charge is 2.22. The number of hydrogen-bond acceptors (Lipinski definition) is 3. The highest BCUT2D eigenvalue weighted by molar-refractivity contribution is 5.74. The number of urea groups is 1. The summed E-state index contributed by atoms with van der Waals surface area (Å²) in [5.74, 6) is 1.47. The summed E-state index contributed by atoms with van der Waals surface area (Å²) >= 11 is 0. The van der Waals surface area contributed by atoms with Crippen LogP contribution in [0.2, 0.25) is 0 Å². The number of rotatable bonds is 6. The van der Waals surface area contributed by atoms with Gasteiger partial charge in [-0.15, -0.1) is 0 Å². The molecule has 0 aliphatic carbocycles. The lowest BCUT2D eigenvalue weighted by molar-refractivity contribution is 0.129. The lowest BCUT2D eigenvalue weighted by atomic mass is 9.98. The molecule has 1 aromatic carbocycles. The molecule has 0 saturated carbocycles. The van der Waals surface area contributed by atoms with Gasteiger partial charge in [0.2, 0.25) is 0 Å². The Balaban J connectivity index is 1.73. The van der Waals surface area contributed by atoms with Crippen molar-refractivity contribution < 1.29 is 14.6 Å². The van der Waals surface area contributed by atoms with Crippen LogP contribution in [-0.4, -0.2) is 49.4 Å². The number of carbonyl (C=O) groups excluding carboxylic acids is 1. The third-order valence-corrected chi connectivity index (χ3v) is 4.60. The van der Waals surface area contributed by atoms with Crippen LogP contribution in [0, 0.1) is 5.92 Å². The van der Waals surface area contributed by atoms with E-state index in [9.17, 15) is 9.90 Å². The fourth-order valence-corrected chi connectivity index (χ4v) is 3.01. The number of benzene rings is 1. The highest BCUT2D eigenvalue weighted by Crippen LogP contribution is 2.21.